The summed E-state index contributed by atoms with van der Waals surface area (Å²) in [7, 11) is 1.61. The number of aromatic nitrogens is 3. The third-order valence-electron chi connectivity index (χ3n) is 3.66. The summed E-state index contributed by atoms with van der Waals surface area (Å²) in [6.07, 6.45) is 1.47. The average molecular weight is 363 g/mol. The lowest BCUT2D eigenvalue weighted by Crippen LogP contribution is -2.28. The molecule has 2 aromatic rings. The van der Waals surface area contributed by atoms with Crippen LogP contribution in [0.5, 0.6) is 5.75 Å². The first-order valence-electron chi connectivity index (χ1n) is 6.74. The lowest BCUT2D eigenvalue weighted by molar-refractivity contribution is -0.114. The zero-order valence-corrected chi connectivity index (χ0v) is 14.0. The number of allylic oxidation sites excluding steroid dienone is 2. The van der Waals surface area contributed by atoms with Crippen molar-refractivity contribution in [2.45, 2.75) is 19.9 Å². The number of carbonyl (C=O) groups excluding carboxylic acids is 1. The minimum Gasteiger partial charge on any atom is -0.496 e. The van der Waals surface area contributed by atoms with Crippen molar-refractivity contribution < 1.29 is 9.53 Å². The summed E-state index contributed by atoms with van der Waals surface area (Å²) in [6, 6.07) is 5.33. The number of hydrogen-bond donors (Lipinski definition) is 1. The van der Waals surface area contributed by atoms with Gasteiger partial charge in [-0.25, -0.2) is 4.68 Å². The number of rotatable bonds is 3. The van der Waals surface area contributed by atoms with Gasteiger partial charge in [-0.05, 0) is 32.0 Å². The van der Waals surface area contributed by atoms with Crippen LogP contribution in [0.4, 0.5) is 5.95 Å². The summed E-state index contributed by atoms with van der Waals surface area (Å²) in [6.45, 7) is 3.42. The van der Waals surface area contributed by atoms with E-state index in [1.54, 1.807) is 18.7 Å². The zero-order chi connectivity index (χ0) is 15.9. The predicted octanol–water partition coefficient (Wildman–Crippen LogP) is 2.93. The molecule has 0 fully saturated rings. The molecule has 1 unspecified atom stereocenters. The van der Waals surface area contributed by atoms with Crippen molar-refractivity contribution in [2.24, 2.45) is 0 Å². The number of methoxy groups -OCH3 is 1. The molecule has 0 radical (unpaired) electrons. The second-order valence-corrected chi connectivity index (χ2v) is 5.95. The summed E-state index contributed by atoms with van der Waals surface area (Å²) in [5.74, 6) is 1.29. The molecule has 22 heavy (non-hydrogen) atoms. The Morgan fingerprint density at radius 1 is 1.45 bits per heavy atom. The molecule has 0 spiro atoms. The molecule has 7 heteroatoms. The van der Waals surface area contributed by atoms with Gasteiger partial charge in [0.2, 0.25) is 5.95 Å². The summed E-state index contributed by atoms with van der Waals surface area (Å²) in [5, 5.41) is 7.39. The van der Waals surface area contributed by atoms with E-state index in [1.807, 2.05) is 25.1 Å². The fourth-order valence-corrected chi connectivity index (χ4v) is 3.13. The highest BCUT2D eigenvalue weighted by Crippen LogP contribution is 2.39. The average Bonchev–Trinajstić information content (AvgIpc) is 2.93. The van der Waals surface area contributed by atoms with Gasteiger partial charge in [0, 0.05) is 21.3 Å². The number of carbonyl (C=O) groups is 1. The molecule has 1 aliphatic heterocycles. The molecular weight excluding hydrogens is 348 g/mol. The molecule has 0 amide bonds. The van der Waals surface area contributed by atoms with E-state index < -0.39 is 0 Å². The van der Waals surface area contributed by atoms with E-state index in [9.17, 15) is 4.79 Å². The lowest BCUT2D eigenvalue weighted by Gasteiger charge is -2.29. The van der Waals surface area contributed by atoms with Crippen LogP contribution in [0.2, 0.25) is 0 Å². The number of benzene rings is 1. The molecule has 1 aromatic carbocycles. The minimum atomic E-state index is -0.372. The Balaban J connectivity index is 2.27. The highest BCUT2D eigenvalue weighted by Gasteiger charge is 2.33. The molecule has 1 N–H and O–H groups in total. The highest BCUT2D eigenvalue weighted by molar-refractivity contribution is 9.10. The van der Waals surface area contributed by atoms with Gasteiger partial charge in [0.05, 0.1) is 7.11 Å². The van der Waals surface area contributed by atoms with Crippen molar-refractivity contribution in [3.8, 4) is 5.75 Å². The molecule has 114 valence electrons. The molecule has 0 bridgehead atoms. The van der Waals surface area contributed by atoms with Gasteiger partial charge < -0.3 is 10.1 Å². The van der Waals surface area contributed by atoms with Crippen molar-refractivity contribution in [2.75, 3.05) is 12.4 Å². The van der Waals surface area contributed by atoms with E-state index in [-0.39, 0.29) is 11.8 Å². The van der Waals surface area contributed by atoms with Crippen LogP contribution in [-0.2, 0) is 4.79 Å². The third kappa shape index (κ3) is 2.31. The fourth-order valence-electron chi connectivity index (χ4n) is 2.75. The highest BCUT2D eigenvalue weighted by atomic mass is 79.9. The van der Waals surface area contributed by atoms with Crippen LogP contribution in [0.3, 0.4) is 0 Å². The molecule has 1 aliphatic rings. The maximum absolute atomic E-state index is 12.2. The number of nitrogens with zero attached hydrogens (tertiary/aromatic N) is 3. The van der Waals surface area contributed by atoms with E-state index in [0.717, 1.165) is 15.7 Å². The number of ketones is 1. The quantitative estimate of drug-likeness (QED) is 0.908. The molecule has 1 atom stereocenters. The molecule has 3 rings (SSSR count). The minimum absolute atomic E-state index is 0.0156. The smallest absolute Gasteiger partial charge is 0.226 e. The number of anilines is 1. The van der Waals surface area contributed by atoms with Crippen LogP contribution >= 0.6 is 15.9 Å². The van der Waals surface area contributed by atoms with E-state index >= 15 is 0 Å². The number of fused-ring (bicyclic) bond motifs is 1. The number of ether oxygens (including phenoxy) is 1. The number of halogens is 1. The van der Waals surface area contributed by atoms with Gasteiger partial charge in [-0.15, -0.1) is 0 Å². The Kier molecular flexibility index (Phi) is 3.74. The topological polar surface area (TPSA) is 69.0 Å². The van der Waals surface area contributed by atoms with Crippen molar-refractivity contribution >= 4 is 27.7 Å². The summed E-state index contributed by atoms with van der Waals surface area (Å²) in [4.78, 5) is 16.4. The van der Waals surface area contributed by atoms with Gasteiger partial charge in [-0.1, -0.05) is 15.9 Å². The van der Waals surface area contributed by atoms with E-state index in [4.69, 9.17) is 4.74 Å². The van der Waals surface area contributed by atoms with Gasteiger partial charge in [0.25, 0.3) is 0 Å². The molecule has 0 aliphatic carbocycles. The van der Waals surface area contributed by atoms with Crippen LogP contribution in [-0.4, -0.2) is 27.7 Å². The van der Waals surface area contributed by atoms with Crippen molar-refractivity contribution in [1.82, 2.24) is 14.8 Å². The van der Waals surface area contributed by atoms with Crippen molar-refractivity contribution in [3.63, 3.8) is 0 Å². The van der Waals surface area contributed by atoms with Gasteiger partial charge >= 0.3 is 0 Å². The fraction of sp³-hybridized carbons (Fsp3) is 0.267. The second kappa shape index (κ2) is 5.57. The summed E-state index contributed by atoms with van der Waals surface area (Å²) in [5.41, 5.74) is 2.28. The maximum atomic E-state index is 12.2. The summed E-state index contributed by atoms with van der Waals surface area (Å²) < 4.78 is 8.08. The molecule has 6 nitrogen and oxygen atoms in total. The van der Waals surface area contributed by atoms with Crippen LogP contribution < -0.4 is 10.1 Å². The maximum Gasteiger partial charge on any atom is 0.226 e. The first-order chi connectivity index (χ1) is 10.5. The summed E-state index contributed by atoms with van der Waals surface area (Å²) >= 11 is 3.48. The Morgan fingerprint density at radius 3 is 2.91 bits per heavy atom. The SMILES string of the molecule is COc1ccc(Br)cc1C1C(C(C)=O)=C(C)Nc2ncnn21. The lowest BCUT2D eigenvalue weighted by atomic mass is 9.92. The van der Waals surface area contributed by atoms with E-state index in [2.05, 4.69) is 31.3 Å². The molecule has 2 heterocycles. The first kappa shape index (κ1) is 14.8. The monoisotopic (exact) mass is 362 g/mol. The molecule has 1 aromatic heterocycles. The van der Waals surface area contributed by atoms with Crippen LogP contribution in [0, 0.1) is 0 Å². The van der Waals surface area contributed by atoms with Crippen LogP contribution in [0.1, 0.15) is 25.5 Å². The number of nitrogens with one attached hydrogen (secondary N) is 1. The number of hydrogen-bond acceptors (Lipinski definition) is 5. The number of Topliss-reactive ketones (excluding diaryl/α,β-unsaturated/α-hetero) is 1. The molecular formula is C15H15BrN4O2. The zero-order valence-electron chi connectivity index (χ0n) is 12.4. The van der Waals surface area contributed by atoms with Crippen molar-refractivity contribution in [3.05, 3.63) is 45.8 Å². The molecule has 0 saturated heterocycles. The van der Waals surface area contributed by atoms with E-state index in [1.165, 1.54) is 6.33 Å². The Morgan fingerprint density at radius 2 is 2.23 bits per heavy atom. The normalized spacial score (nSPS) is 17.0. The van der Waals surface area contributed by atoms with Crippen LogP contribution in [0.25, 0.3) is 0 Å². The first-order valence-corrected chi connectivity index (χ1v) is 7.54. The van der Waals surface area contributed by atoms with Gasteiger partial charge in [-0.2, -0.15) is 10.1 Å². The van der Waals surface area contributed by atoms with Gasteiger partial charge in [0.15, 0.2) is 5.78 Å². The molecule has 0 saturated carbocycles. The van der Waals surface area contributed by atoms with Crippen LogP contribution in [0.15, 0.2) is 40.3 Å². The van der Waals surface area contributed by atoms with E-state index in [0.29, 0.717) is 17.3 Å². The Hall–Kier alpha value is -2.15. The largest absolute Gasteiger partial charge is 0.496 e. The standard InChI is InChI=1S/C15H15BrN4O2/c1-8-13(9(2)21)14(20-15(19-8)17-7-18-20)11-6-10(16)4-5-12(11)22-3/h4-7,14H,1-3H3,(H,17,18,19). The Bertz CT molecular complexity index is 782. The predicted molar refractivity (Wildman–Crippen MR) is 85.9 cm³/mol. The Labute approximate surface area is 136 Å². The van der Waals surface area contributed by atoms with Crippen molar-refractivity contribution in [1.29, 1.82) is 0 Å². The third-order valence-corrected chi connectivity index (χ3v) is 4.15. The van der Waals surface area contributed by atoms with Gasteiger partial charge in [-0.3, -0.25) is 4.79 Å². The second-order valence-electron chi connectivity index (χ2n) is 5.04. The van der Waals surface area contributed by atoms with Gasteiger partial charge in [0.1, 0.15) is 18.1 Å².